The maximum absolute atomic E-state index is 12.3. The minimum absolute atomic E-state index is 0.0960. The number of carboxylic acid groups (broad SMARTS) is 1. The van der Waals surface area contributed by atoms with E-state index in [1.54, 1.807) is 20.8 Å². The Kier molecular flexibility index (Phi) is 6.33. The standard InChI is InChI=1S/C17H28N2O3/c1-5-14-10-13(6-8-17(3,4)16(21)22)11-15(20)19(14)9-7-12(2)18/h6,14,18H,5,7-11H2,1-4H3,(H,21,22). The molecule has 22 heavy (non-hydrogen) atoms. The number of hydrogen-bond donors (Lipinski definition) is 2. The molecular weight excluding hydrogens is 280 g/mol. The summed E-state index contributed by atoms with van der Waals surface area (Å²) in [4.78, 5) is 25.4. The van der Waals surface area contributed by atoms with Crippen molar-refractivity contribution in [2.24, 2.45) is 5.41 Å². The second-order valence-electron chi connectivity index (χ2n) is 6.82. The summed E-state index contributed by atoms with van der Waals surface area (Å²) in [5.41, 5.74) is 0.841. The third-order valence-electron chi connectivity index (χ3n) is 4.32. The van der Waals surface area contributed by atoms with Crippen LogP contribution in [0.4, 0.5) is 0 Å². The van der Waals surface area contributed by atoms with Gasteiger partial charge in [0, 0.05) is 31.1 Å². The number of likely N-dealkylation sites (tertiary alicyclic amines) is 1. The molecular formula is C17H28N2O3. The molecule has 0 bridgehead atoms. The van der Waals surface area contributed by atoms with E-state index >= 15 is 0 Å². The van der Waals surface area contributed by atoms with E-state index < -0.39 is 11.4 Å². The summed E-state index contributed by atoms with van der Waals surface area (Å²) in [7, 11) is 0. The second kappa shape index (κ2) is 7.56. The lowest BCUT2D eigenvalue weighted by molar-refractivity contribution is -0.146. The number of carbonyl (C=O) groups excluding carboxylic acids is 1. The summed E-state index contributed by atoms with van der Waals surface area (Å²) < 4.78 is 0. The SMILES string of the molecule is CCC1CC(=CCC(C)(C)C(=O)O)CC(=O)N1CCC(C)=N. The highest BCUT2D eigenvalue weighted by atomic mass is 16.4. The Morgan fingerprint density at radius 3 is 2.64 bits per heavy atom. The number of aliphatic carboxylic acids is 1. The molecule has 0 aromatic carbocycles. The molecule has 1 aliphatic rings. The summed E-state index contributed by atoms with van der Waals surface area (Å²) in [5.74, 6) is -0.722. The number of piperidine rings is 1. The molecule has 1 heterocycles. The molecule has 0 aromatic rings. The fraction of sp³-hybridized carbons (Fsp3) is 0.706. The zero-order valence-electron chi connectivity index (χ0n) is 14.1. The molecule has 0 radical (unpaired) electrons. The molecule has 0 saturated carbocycles. The molecule has 2 N–H and O–H groups in total. The van der Waals surface area contributed by atoms with Gasteiger partial charge in [0.15, 0.2) is 0 Å². The highest BCUT2D eigenvalue weighted by molar-refractivity contribution is 5.82. The van der Waals surface area contributed by atoms with Crippen molar-refractivity contribution in [2.75, 3.05) is 6.54 Å². The van der Waals surface area contributed by atoms with Crippen LogP contribution >= 0.6 is 0 Å². The summed E-state index contributed by atoms with van der Waals surface area (Å²) >= 11 is 0. The zero-order valence-corrected chi connectivity index (χ0v) is 14.1. The van der Waals surface area contributed by atoms with Crippen molar-refractivity contribution >= 4 is 17.6 Å². The number of carbonyl (C=O) groups is 2. The van der Waals surface area contributed by atoms with Gasteiger partial charge in [-0.1, -0.05) is 18.6 Å². The molecule has 1 unspecified atom stereocenters. The molecule has 1 aliphatic heterocycles. The first-order valence-electron chi connectivity index (χ1n) is 7.92. The fourth-order valence-electron chi connectivity index (χ4n) is 2.59. The fourth-order valence-corrected chi connectivity index (χ4v) is 2.59. The average molecular weight is 308 g/mol. The Balaban J connectivity index is 2.75. The van der Waals surface area contributed by atoms with E-state index in [0.717, 1.165) is 18.4 Å². The predicted octanol–water partition coefficient (Wildman–Crippen LogP) is 3.24. The van der Waals surface area contributed by atoms with Crippen LogP contribution in [-0.2, 0) is 9.59 Å². The maximum Gasteiger partial charge on any atom is 0.309 e. The molecule has 1 saturated heterocycles. The molecule has 1 atom stereocenters. The molecule has 5 nitrogen and oxygen atoms in total. The van der Waals surface area contributed by atoms with Crippen LogP contribution in [-0.4, -0.2) is 40.2 Å². The lowest BCUT2D eigenvalue weighted by Crippen LogP contribution is -2.45. The lowest BCUT2D eigenvalue weighted by Gasteiger charge is -2.36. The molecule has 0 aliphatic carbocycles. The van der Waals surface area contributed by atoms with Crippen molar-refractivity contribution in [3.05, 3.63) is 11.6 Å². The van der Waals surface area contributed by atoms with Crippen molar-refractivity contribution < 1.29 is 14.7 Å². The van der Waals surface area contributed by atoms with Crippen molar-refractivity contribution in [1.82, 2.24) is 4.90 Å². The maximum atomic E-state index is 12.3. The molecule has 124 valence electrons. The first-order valence-corrected chi connectivity index (χ1v) is 7.92. The van der Waals surface area contributed by atoms with Crippen LogP contribution in [0.15, 0.2) is 11.6 Å². The molecule has 5 heteroatoms. The van der Waals surface area contributed by atoms with Crippen LogP contribution in [0.5, 0.6) is 0 Å². The Labute approximate surface area is 132 Å². The van der Waals surface area contributed by atoms with E-state index in [0.29, 0.717) is 31.5 Å². The minimum Gasteiger partial charge on any atom is -0.481 e. The number of nitrogens with one attached hydrogen (secondary N) is 1. The van der Waals surface area contributed by atoms with Crippen LogP contribution in [0, 0.1) is 10.8 Å². The molecule has 1 rings (SSSR count). The van der Waals surface area contributed by atoms with Crippen LogP contribution < -0.4 is 0 Å². The predicted molar refractivity (Wildman–Crippen MR) is 87.2 cm³/mol. The van der Waals surface area contributed by atoms with Gasteiger partial charge >= 0.3 is 5.97 Å². The van der Waals surface area contributed by atoms with Gasteiger partial charge in [-0.2, -0.15) is 0 Å². The Bertz CT molecular complexity index is 480. The minimum atomic E-state index is -0.818. The van der Waals surface area contributed by atoms with Gasteiger partial charge in [-0.15, -0.1) is 0 Å². The van der Waals surface area contributed by atoms with Crippen molar-refractivity contribution in [3.63, 3.8) is 0 Å². The van der Waals surface area contributed by atoms with E-state index in [1.165, 1.54) is 0 Å². The van der Waals surface area contributed by atoms with Crippen LogP contribution in [0.2, 0.25) is 0 Å². The molecule has 0 spiro atoms. The van der Waals surface area contributed by atoms with E-state index in [-0.39, 0.29) is 11.9 Å². The van der Waals surface area contributed by atoms with Gasteiger partial charge in [0.2, 0.25) is 5.91 Å². The average Bonchev–Trinajstić information content (AvgIpc) is 2.43. The number of hydrogen-bond acceptors (Lipinski definition) is 3. The summed E-state index contributed by atoms with van der Waals surface area (Å²) in [6.45, 7) is 7.84. The highest BCUT2D eigenvalue weighted by Crippen LogP contribution is 2.29. The van der Waals surface area contributed by atoms with Gasteiger partial charge in [-0.05, 0) is 40.0 Å². The number of allylic oxidation sites excluding steroid dienone is 1. The summed E-state index contributed by atoms with van der Waals surface area (Å²) in [6.07, 6.45) is 5.07. The van der Waals surface area contributed by atoms with Gasteiger partial charge in [0.1, 0.15) is 0 Å². The van der Waals surface area contributed by atoms with Crippen molar-refractivity contribution in [2.45, 2.75) is 65.8 Å². The number of carboxylic acids is 1. The van der Waals surface area contributed by atoms with E-state index in [2.05, 4.69) is 6.92 Å². The first kappa shape index (κ1) is 18.4. The Morgan fingerprint density at radius 1 is 1.50 bits per heavy atom. The summed E-state index contributed by atoms with van der Waals surface area (Å²) in [6, 6.07) is 0.166. The number of nitrogens with zero attached hydrogens (tertiary/aromatic N) is 1. The Morgan fingerprint density at radius 2 is 2.14 bits per heavy atom. The topological polar surface area (TPSA) is 81.5 Å². The third kappa shape index (κ3) is 4.97. The van der Waals surface area contributed by atoms with E-state index in [4.69, 9.17) is 10.5 Å². The molecule has 0 aromatic heterocycles. The van der Waals surface area contributed by atoms with Crippen molar-refractivity contribution in [1.29, 1.82) is 5.41 Å². The van der Waals surface area contributed by atoms with Crippen LogP contribution in [0.1, 0.15) is 59.8 Å². The third-order valence-corrected chi connectivity index (χ3v) is 4.32. The van der Waals surface area contributed by atoms with Crippen LogP contribution in [0.3, 0.4) is 0 Å². The lowest BCUT2D eigenvalue weighted by atomic mass is 9.86. The van der Waals surface area contributed by atoms with Crippen LogP contribution in [0.25, 0.3) is 0 Å². The van der Waals surface area contributed by atoms with Gasteiger partial charge in [-0.25, -0.2) is 0 Å². The van der Waals surface area contributed by atoms with Gasteiger partial charge < -0.3 is 15.4 Å². The first-order chi connectivity index (χ1) is 10.2. The Hall–Kier alpha value is -1.65. The van der Waals surface area contributed by atoms with E-state index in [1.807, 2.05) is 11.0 Å². The normalized spacial score (nSPS) is 21.3. The number of amides is 1. The molecule has 1 fully saturated rings. The summed E-state index contributed by atoms with van der Waals surface area (Å²) in [5, 5.41) is 16.7. The van der Waals surface area contributed by atoms with E-state index in [9.17, 15) is 9.59 Å². The smallest absolute Gasteiger partial charge is 0.309 e. The van der Waals surface area contributed by atoms with Gasteiger partial charge in [0.05, 0.1) is 5.41 Å². The quantitative estimate of drug-likeness (QED) is 0.559. The second-order valence-corrected chi connectivity index (χ2v) is 6.82. The number of rotatable bonds is 7. The zero-order chi connectivity index (χ0) is 16.9. The largest absolute Gasteiger partial charge is 0.481 e. The highest BCUT2D eigenvalue weighted by Gasteiger charge is 2.30. The monoisotopic (exact) mass is 308 g/mol. The molecule has 1 amide bonds. The van der Waals surface area contributed by atoms with Crippen molar-refractivity contribution in [3.8, 4) is 0 Å². The van der Waals surface area contributed by atoms with Gasteiger partial charge in [-0.3, -0.25) is 9.59 Å². The van der Waals surface area contributed by atoms with Gasteiger partial charge in [0.25, 0.3) is 0 Å².